The van der Waals surface area contributed by atoms with Gasteiger partial charge in [-0.1, -0.05) is 13.8 Å². The smallest absolute Gasteiger partial charge is 0.321 e. The number of halogens is 1. The molecule has 3 N–H and O–H groups in total. The van der Waals surface area contributed by atoms with Crippen molar-refractivity contribution in [1.82, 2.24) is 10.6 Å². The van der Waals surface area contributed by atoms with Crippen LogP contribution in [-0.4, -0.2) is 30.0 Å². The first-order valence-corrected chi connectivity index (χ1v) is 6.55. The maximum atomic E-state index is 13.1. The van der Waals surface area contributed by atoms with Crippen molar-refractivity contribution in [3.8, 4) is 0 Å². The highest BCUT2D eigenvalue weighted by molar-refractivity contribution is 5.96. The Hall–Kier alpha value is -2.71. The molecular weight excluding hydrogens is 295 g/mol. The first kappa shape index (κ1) is 17.3. The predicted octanol–water partition coefficient (Wildman–Crippen LogP) is 1.63. The molecule has 0 unspecified atom stereocenters. The molecule has 3 amide bonds. The van der Waals surface area contributed by atoms with E-state index in [4.69, 9.17) is 0 Å². The third-order valence-corrected chi connectivity index (χ3v) is 2.52. The Morgan fingerprint density at radius 1 is 1.36 bits per heavy atom. The van der Waals surface area contributed by atoms with Gasteiger partial charge in [0, 0.05) is 18.3 Å². The molecule has 8 nitrogen and oxygen atoms in total. The number of hydrogen-bond donors (Lipinski definition) is 3. The zero-order valence-corrected chi connectivity index (χ0v) is 12.2. The predicted molar refractivity (Wildman–Crippen MR) is 77.9 cm³/mol. The maximum absolute atomic E-state index is 13.1. The topological polar surface area (TPSA) is 113 Å². The van der Waals surface area contributed by atoms with Gasteiger partial charge >= 0.3 is 11.7 Å². The summed E-state index contributed by atoms with van der Waals surface area (Å²) in [4.78, 5) is 32.6. The van der Waals surface area contributed by atoms with Crippen LogP contribution in [0.1, 0.15) is 13.8 Å². The highest BCUT2D eigenvalue weighted by Gasteiger charge is 2.15. The number of amides is 3. The number of nitro groups is 1. The van der Waals surface area contributed by atoms with E-state index in [2.05, 4.69) is 16.0 Å². The van der Waals surface area contributed by atoms with Crippen LogP contribution in [0.15, 0.2) is 18.2 Å². The molecule has 1 aromatic carbocycles. The van der Waals surface area contributed by atoms with E-state index in [0.29, 0.717) is 6.54 Å². The van der Waals surface area contributed by atoms with Crippen molar-refractivity contribution >= 4 is 23.3 Å². The Morgan fingerprint density at radius 3 is 2.64 bits per heavy atom. The van der Waals surface area contributed by atoms with Gasteiger partial charge < -0.3 is 10.6 Å². The van der Waals surface area contributed by atoms with E-state index in [9.17, 15) is 24.1 Å². The number of nitrogens with zero attached hydrogens (tertiary/aromatic N) is 1. The Labute approximate surface area is 126 Å². The summed E-state index contributed by atoms with van der Waals surface area (Å²) in [6.45, 7) is 3.96. The zero-order valence-electron chi connectivity index (χ0n) is 12.2. The summed E-state index contributed by atoms with van der Waals surface area (Å²) in [7, 11) is 0. The lowest BCUT2D eigenvalue weighted by Gasteiger charge is -2.09. The molecule has 0 spiro atoms. The van der Waals surface area contributed by atoms with Crippen LogP contribution >= 0.6 is 0 Å². The molecule has 0 aliphatic heterocycles. The van der Waals surface area contributed by atoms with E-state index in [1.165, 1.54) is 6.07 Å². The summed E-state index contributed by atoms with van der Waals surface area (Å²) < 4.78 is 13.1. The standard InChI is InChI=1S/C13H17FN4O4/c1-8(2)6-16-13(20)17-12(19)7-15-9-3-4-10(14)11(5-9)18(21)22/h3-5,8,15H,6-7H2,1-2H3,(H2,16,17,19,20). The Morgan fingerprint density at radius 2 is 2.05 bits per heavy atom. The number of rotatable bonds is 6. The fourth-order valence-electron chi connectivity index (χ4n) is 1.46. The minimum atomic E-state index is -0.965. The monoisotopic (exact) mass is 312 g/mol. The summed E-state index contributed by atoms with van der Waals surface area (Å²) in [5.74, 6) is -1.33. The minimum absolute atomic E-state index is 0.200. The summed E-state index contributed by atoms with van der Waals surface area (Å²) in [5, 5.41) is 17.8. The van der Waals surface area contributed by atoms with Crippen molar-refractivity contribution in [2.45, 2.75) is 13.8 Å². The number of nitrogens with one attached hydrogen (secondary N) is 3. The first-order valence-electron chi connectivity index (χ1n) is 6.55. The minimum Gasteiger partial charge on any atom is -0.376 e. The van der Waals surface area contributed by atoms with Crippen LogP contribution in [0.5, 0.6) is 0 Å². The van der Waals surface area contributed by atoms with E-state index in [-0.39, 0.29) is 18.2 Å². The molecular formula is C13H17FN4O4. The largest absolute Gasteiger partial charge is 0.376 e. The van der Waals surface area contributed by atoms with Gasteiger partial charge in [0.25, 0.3) is 0 Å². The molecule has 9 heteroatoms. The molecule has 0 bridgehead atoms. The van der Waals surface area contributed by atoms with Crippen molar-refractivity contribution in [3.05, 3.63) is 34.1 Å². The second kappa shape index (κ2) is 7.91. The summed E-state index contributed by atoms with van der Waals surface area (Å²) in [5.41, 5.74) is -0.495. The number of anilines is 1. The normalized spacial score (nSPS) is 10.2. The van der Waals surface area contributed by atoms with Gasteiger partial charge in [0.2, 0.25) is 11.7 Å². The number of carbonyl (C=O) groups excluding carboxylic acids is 2. The summed E-state index contributed by atoms with van der Waals surface area (Å²) in [6.07, 6.45) is 0. The second-order valence-electron chi connectivity index (χ2n) is 4.93. The van der Waals surface area contributed by atoms with Crippen LogP contribution in [0, 0.1) is 21.8 Å². The molecule has 120 valence electrons. The third kappa shape index (κ3) is 5.73. The quantitative estimate of drug-likeness (QED) is 0.545. The van der Waals surface area contributed by atoms with Gasteiger partial charge in [-0.15, -0.1) is 0 Å². The van der Waals surface area contributed by atoms with Crippen molar-refractivity contribution in [3.63, 3.8) is 0 Å². The van der Waals surface area contributed by atoms with Gasteiger partial charge in [-0.3, -0.25) is 20.2 Å². The molecule has 0 atom stereocenters. The lowest BCUT2D eigenvalue weighted by molar-refractivity contribution is -0.387. The van der Waals surface area contributed by atoms with Gasteiger partial charge in [-0.2, -0.15) is 4.39 Å². The van der Waals surface area contributed by atoms with Gasteiger partial charge in [0.15, 0.2) is 0 Å². The zero-order chi connectivity index (χ0) is 16.7. The van der Waals surface area contributed by atoms with E-state index < -0.39 is 28.4 Å². The Bertz CT molecular complexity index is 577. The number of hydrogen-bond acceptors (Lipinski definition) is 5. The van der Waals surface area contributed by atoms with Crippen molar-refractivity contribution in [2.24, 2.45) is 5.92 Å². The second-order valence-corrected chi connectivity index (χ2v) is 4.93. The van der Waals surface area contributed by atoms with Gasteiger partial charge in [0.1, 0.15) is 0 Å². The Balaban J connectivity index is 2.49. The van der Waals surface area contributed by atoms with Crippen molar-refractivity contribution in [2.75, 3.05) is 18.4 Å². The van der Waals surface area contributed by atoms with E-state index >= 15 is 0 Å². The number of imide groups is 1. The molecule has 22 heavy (non-hydrogen) atoms. The molecule has 1 rings (SSSR count). The number of nitro benzene ring substituents is 1. The molecule has 1 aromatic rings. The van der Waals surface area contributed by atoms with Crippen LogP contribution in [0.4, 0.5) is 20.6 Å². The van der Waals surface area contributed by atoms with Gasteiger partial charge in [0.05, 0.1) is 11.5 Å². The molecule has 0 heterocycles. The number of urea groups is 1. The molecule has 0 saturated heterocycles. The fourth-order valence-corrected chi connectivity index (χ4v) is 1.46. The van der Waals surface area contributed by atoms with E-state index in [1.54, 1.807) is 0 Å². The highest BCUT2D eigenvalue weighted by atomic mass is 19.1. The van der Waals surface area contributed by atoms with Gasteiger partial charge in [-0.05, 0) is 18.1 Å². The molecule has 0 radical (unpaired) electrons. The summed E-state index contributed by atoms with van der Waals surface area (Å²) in [6, 6.07) is 2.54. The van der Waals surface area contributed by atoms with Crippen molar-refractivity contribution in [1.29, 1.82) is 0 Å². The number of carbonyl (C=O) groups is 2. The first-order chi connectivity index (χ1) is 10.3. The molecule has 0 fully saturated rings. The highest BCUT2D eigenvalue weighted by Crippen LogP contribution is 2.21. The van der Waals surface area contributed by atoms with Crippen LogP contribution in [0.3, 0.4) is 0 Å². The SMILES string of the molecule is CC(C)CNC(=O)NC(=O)CNc1ccc(F)c([N+](=O)[O-])c1. The number of benzene rings is 1. The average Bonchev–Trinajstić information content (AvgIpc) is 2.44. The molecule has 0 aliphatic carbocycles. The lowest BCUT2D eigenvalue weighted by Crippen LogP contribution is -2.43. The van der Waals surface area contributed by atoms with Crippen LogP contribution in [0.25, 0.3) is 0 Å². The third-order valence-electron chi connectivity index (χ3n) is 2.52. The molecule has 0 aromatic heterocycles. The van der Waals surface area contributed by atoms with Gasteiger partial charge in [-0.25, -0.2) is 4.79 Å². The molecule has 0 saturated carbocycles. The summed E-state index contributed by atoms with van der Waals surface area (Å²) >= 11 is 0. The Kier molecular flexibility index (Phi) is 6.24. The maximum Gasteiger partial charge on any atom is 0.321 e. The van der Waals surface area contributed by atoms with Crippen molar-refractivity contribution < 1.29 is 18.9 Å². The average molecular weight is 312 g/mol. The van der Waals surface area contributed by atoms with Crippen LogP contribution < -0.4 is 16.0 Å². The lowest BCUT2D eigenvalue weighted by atomic mass is 10.2. The molecule has 0 aliphatic rings. The van der Waals surface area contributed by atoms with Crippen LogP contribution in [-0.2, 0) is 4.79 Å². The van der Waals surface area contributed by atoms with E-state index in [0.717, 1.165) is 12.1 Å². The fraction of sp³-hybridized carbons (Fsp3) is 0.385. The van der Waals surface area contributed by atoms with E-state index in [1.807, 2.05) is 13.8 Å². The van der Waals surface area contributed by atoms with Crippen LogP contribution in [0.2, 0.25) is 0 Å².